The molecule has 31 heavy (non-hydrogen) atoms. The molecule has 0 aliphatic carbocycles. The highest BCUT2D eigenvalue weighted by molar-refractivity contribution is 5.77. The molecule has 4 rings (SSSR count). The van der Waals surface area contributed by atoms with Gasteiger partial charge in [0.05, 0.1) is 30.6 Å². The van der Waals surface area contributed by atoms with Crippen LogP contribution in [0.25, 0.3) is 11.2 Å². The Kier molecular flexibility index (Phi) is 5.67. The molecule has 0 spiro atoms. The first-order valence-electron chi connectivity index (χ1n) is 9.69. The summed E-state index contributed by atoms with van der Waals surface area (Å²) in [4.78, 5) is 23.5. The quantitative estimate of drug-likeness (QED) is 0.364. The maximum Gasteiger partial charge on any atom is 0.272 e. The first kappa shape index (κ1) is 20.9. The number of nitrogens with two attached hydrogens (primary N) is 1. The number of anilines is 1. The Morgan fingerprint density at radius 2 is 2.19 bits per heavy atom. The fraction of sp³-hybridized carbons (Fsp3) is 0.421. The Bertz CT molecular complexity index is 1100. The number of imidazole rings is 1. The highest BCUT2D eigenvalue weighted by Gasteiger charge is 2.35. The van der Waals surface area contributed by atoms with E-state index in [1.54, 1.807) is 22.8 Å². The number of aliphatic hydroxyl groups excluding tert-OH is 2. The summed E-state index contributed by atoms with van der Waals surface area (Å²) in [5.41, 5.74) is 7.11. The number of nitro benzene ring substituents is 1. The molecule has 1 aliphatic rings. The van der Waals surface area contributed by atoms with Gasteiger partial charge in [0.25, 0.3) is 5.69 Å². The molecule has 4 atom stereocenters. The summed E-state index contributed by atoms with van der Waals surface area (Å²) in [7, 11) is 0. The monoisotopic (exact) mass is 430 g/mol. The van der Waals surface area contributed by atoms with Gasteiger partial charge in [0.15, 0.2) is 11.2 Å². The zero-order valence-electron chi connectivity index (χ0n) is 16.7. The summed E-state index contributed by atoms with van der Waals surface area (Å²) in [5, 5.41) is 30.6. The van der Waals surface area contributed by atoms with E-state index < -0.39 is 23.4 Å². The Labute approximate surface area is 176 Å². The SMILES string of the molecule is CC(COc1nc(N)nc2c1ncn2[C@H]1CC(O)[C@@H](CO)O1)c1ccccc1[N+](=O)[O-]. The molecule has 3 heterocycles. The zero-order chi connectivity index (χ0) is 22.1. The zero-order valence-corrected chi connectivity index (χ0v) is 16.7. The standard InChI is InChI=1S/C19H22N6O6/c1-10(11-4-2-3-5-12(11)25(28)29)8-30-18-16-17(22-19(20)23-18)24(9-21-16)15-6-13(27)14(7-26)31-15/h2-5,9-10,13-15,26-27H,6-8H2,1H3,(H2,20,22,23)/t10?,13?,14-,15-/m1/s1. The molecule has 1 aromatic carbocycles. The van der Waals surface area contributed by atoms with Gasteiger partial charge in [-0.05, 0) is 0 Å². The Morgan fingerprint density at radius 1 is 1.42 bits per heavy atom. The third-order valence-electron chi connectivity index (χ3n) is 5.24. The molecule has 12 nitrogen and oxygen atoms in total. The predicted molar refractivity (Wildman–Crippen MR) is 108 cm³/mol. The van der Waals surface area contributed by atoms with Gasteiger partial charge >= 0.3 is 0 Å². The highest BCUT2D eigenvalue weighted by Crippen LogP contribution is 2.33. The number of rotatable bonds is 7. The van der Waals surface area contributed by atoms with Crippen LogP contribution in [0.15, 0.2) is 30.6 Å². The van der Waals surface area contributed by atoms with Crippen LogP contribution >= 0.6 is 0 Å². The normalized spacial score (nSPS) is 22.0. The number of fused-ring (bicyclic) bond motifs is 1. The topological polar surface area (TPSA) is 172 Å². The lowest BCUT2D eigenvalue weighted by Gasteiger charge is -2.15. The van der Waals surface area contributed by atoms with E-state index in [0.717, 1.165) is 0 Å². The second kappa shape index (κ2) is 8.41. The molecule has 1 saturated heterocycles. The molecule has 0 saturated carbocycles. The molecule has 164 valence electrons. The van der Waals surface area contributed by atoms with Crippen molar-refractivity contribution in [2.24, 2.45) is 0 Å². The van der Waals surface area contributed by atoms with Gasteiger partial charge in [0.2, 0.25) is 11.8 Å². The van der Waals surface area contributed by atoms with Gasteiger partial charge in [-0.1, -0.05) is 25.1 Å². The number of para-hydroxylation sites is 1. The second-order valence-corrected chi connectivity index (χ2v) is 7.35. The molecule has 1 aliphatic heterocycles. The molecule has 4 N–H and O–H groups in total. The highest BCUT2D eigenvalue weighted by atomic mass is 16.6. The summed E-state index contributed by atoms with van der Waals surface area (Å²) < 4.78 is 13.1. The molecule has 2 aromatic heterocycles. The summed E-state index contributed by atoms with van der Waals surface area (Å²) >= 11 is 0. The Balaban J connectivity index is 1.58. The van der Waals surface area contributed by atoms with Crippen LogP contribution in [0.3, 0.4) is 0 Å². The van der Waals surface area contributed by atoms with E-state index in [2.05, 4.69) is 15.0 Å². The van der Waals surface area contributed by atoms with Crippen LogP contribution in [-0.4, -0.2) is 60.1 Å². The number of hydrogen-bond donors (Lipinski definition) is 3. The lowest BCUT2D eigenvalue weighted by Crippen LogP contribution is -2.24. The van der Waals surface area contributed by atoms with Crippen molar-refractivity contribution in [1.82, 2.24) is 19.5 Å². The maximum absolute atomic E-state index is 11.3. The van der Waals surface area contributed by atoms with Crippen LogP contribution in [0.1, 0.15) is 31.1 Å². The van der Waals surface area contributed by atoms with Gasteiger partial charge in [-0.3, -0.25) is 14.7 Å². The largest absolute Gasteiger partial charge is 0.475 e. The van der Waals surface area contributed by atoms with Crippen LogP contribution in [0.5, 0.6) is 5.88 Å². The number of benzene rings is 1. The lowest BCUT2D eigenvalue weighted by molar-refractivity contribution is -0.385. The summed E-state index contributed by atoms with van der Waals surface area (Å²) in [6.07, 6.45) is -0.352. The minimum absolute atomic E-state index is 0.0191. The fourth-order valence-electron chi connectivity index (χ4n) is 3.63. The average molecular weight is 430 g/mol. The number of aromatic nitrogens is 4. The average Bonchev–Trinajstić information content (AvgIpc) is 3.34. The molecule has 0 bridgehead atoms. The predicted octanol–water partition coefficient (Wildman–Crippen LogP) is 1.14. The van der Waals surface area contributed by atoms with Gasteiger partial charge < -0.3 is 25.4 Å². The Morgan fingerprint density at radius 3 is 2.90 bits per heavy atom. The number of aliphatic hydroxyl groups is 2. The van der Waals surface area contributed by atoms with Gasteiger partial charge in [-0.2, -0.15) is 9.97 Å². The van der Waals surface area contributed by atoms with Gasteiger partial charge in [0.1, 0.15) is 12.3 Å². The van der Waals surface area contributed by atoms with Crippen molar-refractivity contribution < 1.29 is 24.6 Å². The number of nitrogen functional groups attached to an aromatic ring is 1. The second-order valence-electron chi connectivity index (χ2n) is 7.35. The van der Waals surface area contributed by atoms with Crippen LogP contribution in [-0.2, 0) is 4.74 Å². The summed E-state index contributed by atoms with van der Waals surface area (Å²) in [5.74, 6) is -0.197. The van der Waals surface area contributed by atoms with Crippen molar-refractivity contribution in [3.05, 3.63) is 46.3 Å². The third kappa shape index (κ3) is 4.00. The van der Waals surface area contributed by atoms with Crippen molar-refractivity contribution in [3.63, 3.8) is 0 Å². The lowest BCUT2D eigenvalue weighted by atomic mass is 10.0. The smallest absolute Gasteiger partial charge is 0.272 e. The number of nitrogens with zero attached hydrogens (tertiary/aromatic N) is 5. The first-order chi connectivity index (χ1) is 14.9. The minimum Gasteiger partial charge on any atom is -0.475 e. The molecular formula is C19H22N6O6. The molecule has 0 amide bonds. The van der Waals surface area contributed by atoms with Gasteiger partial charge in [0, 0.05) is 24.0 Å². The molecule has 2 unspecified atom stereocenters. The summed E-state index contributed by atoms with van der Waals surface area (Å²) in [6, 6.07) is 6.48. The molecule has 12 heteroatoms. The molecular weight excluding hydrogens is 408 g/mol. The van der Waals surface area contributed by atoms with Crippen molar-refractivity contribution >= 4 is 22.8 Å². The fourth-order valence-corrected chi connectivity index (χ4v) is 3.63. The number of hydrogen-bond acceptors (Lipinski definition) is 10. The summed E-state index contributed by atoms with van der Waals surface area (Å²) in [6.45, 7) is 1.61. The van der Waals surface area contributed by atoms with Crippen LogP contribution in [0.4, 0.5) is 11.6 Å². The van der Waals surface area contributed by atoms with Gasteiger partial charge in [-0.15, -0.1) is 0 Å². The third-order valence-corrected chi connectivity index (χ3v) is 5.24. The van der Waals surface area contributed by atoms with E-state index >= 15 is 0 Å². The van der Waals surface area contributed by atoms with Crippen LogP contribution < -0.4 is 10.5 Å². The van der Waals surface area contributed by atoms with E-state index in [0.29, 0.717) is 16.7 Å². The molecule has 0 radical (unpaired) electrons. The maximum atomic E-state index is 11.3. The van der Waals surface area contributed by atoms with E-state index in [9.17, 15) is 20.3 Å². The molecule has 1 fully saturated rings. The van der Waals surface area contributed by atoms with Crippen molar-refractivity contribution in [3.8, 4) is 5.88 Å². The van der Waals surface area contributed by atoms with E-state index in [-0.39, 0.29) is 43.1 Å². The van der Waals surface area contributed by atoms with Crippen molar-refractivity contribution in [1.29, 1.82) is 0 Å². The van der Waals surface area contributed by atoms with E-state index in [1.165, 1.54) is 12.4 Å². The van der Waals surface area contributed by atoms with E-state index in [4.69, 9.17) is 15.2 Å². The van der Waals surface area contributed by atoms with Crippen molar-refractivity contribution in [2.75, 3.05) is 18.9 Å². The minimum atomic E-state index is -0.815. The van der Waals surface area contributed by atoms with Crippen LogP contribution in [0, 0.1) is 10.1 Å². The van der Waals surface area contributed by atoms with Crippen molar-refractivity contribution in [2.45, 2.75) is 37.7 Å². The first-order valence-corrected chi connectivity index (χ1v) is 9.69. The number of nitro groups is 1. The van der Waals surface area contributed by atoms with Crippen LogP contribution in [0.2, 0.25) is 0 Å². The molecule has 3 aromatic rings. The van der Waals surface area contributed by atoms with Gasteiger partial charge in [-0.25, -0.2) is 4.98 Å². The van der Waals surface area contributed by atoms with E-state index in [1.807, 2.05) is 6.92 Å². The Hall–Kier alpha value is -3.35. The number of ether oxygens (including phenoxy) is 2.